The number of rotatable bonds is 3. The van der Waals surface area contributed by atoms with Crippen LogP contribution in [0, 0.1) is 0 Å². The SMILES string of the molecule is C[C@@H]1CN(C(=O)Cn2c(-c3ccccc3)noc2=O)CCO1. The van der Waals surface area contributed by atoms with Crippen LogP contribution < -0.4 is 5.76 Å². The molecule has 22 heavy (non-hydrogen) atoms. The Labute approximate surface area is 127 Å². The first-order valence-electron chi connectivity index (χ1n) is 7.16. The van der Waals surface area contributed by atoms with Gasteiger partial charge in [0.15, 0.2) is 5.82 Å². The normalized spacial score (nSPS) is 18.4. The molecule has 7 heteroatoms. The van der Waals surface area contributed by atoms with Gasteiger partial charge in [0, 0.05) is 18.7 Å². The number of carbonyl (C=O) groups excluding carboxylic acids is 1. The Morgan fingerprint density at radius 1 is 1.36 bits per heavy atom. The maximum absolute atomic E-state index is 12.4. The molecule has 1 saturated heterocycles. The average Bonchev–Trinajstić information content (AvgIpc) is 2.89. The fourth-order valence-electron chi connectivity index (χ4n) is 2.48. The Morgan fingerprint density at radius 3 is 2.86 bits per heavy atom. The molecule has 1 amide bonds. The highest BCUT2D eigenvalue weighted by molar-refractivity contribution is 5.76. The van der Waals surface area contributed by atoms with Crippen LogP contribution in [0.1, 0.15) is 6.92 Å². The van der Waals surface area contributed by atoms with E-state index in [4.69, 9.17) is 9.26 Å². The van der Waals surface area contributed by atoms with Crippen molar-refractivity contribution in [1.82, 2.24) is 14.6 Å². The van der Waals surface area contributed by atoms with E-state index < -0.39 is 5.76 Å². The van der Waals surface area contributed by atoms with E-state index >= 15 is 0 Å². The Hall–Kier alpha value is -2.41. The van der Waals surface area contributed by atoms with Gasteiger partial charge in [-0.05, 0) is 6.92 Å². The lowest BCUT2D eigenvalue weighted by Gasteiger charge is -2.31. The van der Waals surface area contributed by atoms with Crippen LogP contribution in [0.2, 0.25) is 0 Å². The van der Waals surface area contributed by atoms with Gasteiger partial charge in [-0.2, -0.15) is 0 Å². The molecule has 1 aliphatic heterocycles. The molecule has 0 radical (unpaired) electrons. The molecule has 3 rings (SSSR count). The molecule has 116 valence electrons. The van der Waals surface area contributed by atoms with Crippen LogP contribution in [0.25, 0.3) is 11.4 Å². The first-order valence-corrected chi connectivity index (χ1v) is 7.16. The van der Waals surface area contributed by atoms with E-state index in [1.54, 1.807) is 4.90 Å². The largest absolute Gasteiger partial charge is 0.442 e. The molecule has 0 unspecified atom stereocenters. The van der Waals surface area contributed by atoms with Gasteiger partial charge >= 0.3 is 5.76 Å². The highest BCUT2D eigenvalue weighted by Crippen LogP contribution is 2.15. The summed E-state index contributed by atoms with van der Waals surface area (Å²) in [7, 11) is 0. The molecule has 1 atom stereocenters. The number of nitrogens with zero attached hydrogens (tertiary/aromatic N) is 3. The summed E-state index contributed by atoms with van der Waals surface area (Å²) in [5.41, 5.74) is 0.733. The zero-order valence-corrected chi connectivity index (χ0v) is 12.3. The Bertz CT molecular complexity index is 707. The molecule has 0 aliphatic carbocycles. The molecule has 1 aromatic carbocycles. The third-order valence-electron chi connectivity index (χ3n) is 3.61. The third kappa shape index (κ3) is 2.94. The second kappa shape index (κ2) is 6.15. The number of benzene rings is 1. The van der Waals surface area contributed by atoms with Crippen molar-refractivity contribution in [1.29, 1.82) is 0 Å². The lowest BCUT2D eigenvalue weighted by Crippen LogP contribution is -2.46. The molecule has 0 bridgehead atoms. The Kier molecular flexibility index (Phi) is 4.06. The van der Waals surface area contributed by atoms with Gasteiger partial charge in [-0.25, -0.2) is 9.36 Å². The minimum absolute atomic E-state index is 0.00508. The van der Waals surface area contributed by atoms with Crippen molar-refractivity contribution in [3.63, 3.8) is 0 Å². The Morgan fingerprint density at radius 2 is 2.14 bits per heavy atom. The van der Waals surface area contributed by atoms with Crippen LogP contribution in [0.5, 0.6) is 0 Å². The zero-order valence-electron chi connectivity index (χ0n) is 12.3. The summed E-state index contributed by atoms with van der Waals surface area (Å²) in [5.74, 6) is -0.411. The molecule has 0 saturated carbocycles. The molecule has 1 aliphatic rings. The summed E-state index contributed by atoms with van der Waals surface area (Å²) in [4.78, 5) is 25.9. The first-order chi connectivity index (χ1) is 10.6. The number of morpholine rings is 1. The molecule has 7 nitrogen and oxygen atoms in total. The van der Waals surface area contributed by atoms with Crippen LogP contribution in [-0.2, 0) is 16.1 Å². The first kappa shape index (κ1) is 14.5. The maximum atomic E-state index is 12.4. The fourth-order valence-corrected chi connectivity index (χ4v) is 2.48. The predicted molar refractivity (Wildman–Crippen MR) is 78.2 cm³/mol. The monoisotopic (exact) mass is 303 g/mol. The molecule has 1 fully saturated rings. The molecular formula is C15H17N3O4. The minimum atomic E-state index is -0.631. The van der Waals surface area contributed by atoms with Gasteiger partial charge < -0.3 is 9.64 Å². The quantitative estimate of drug-likeness (QED) is 0.836. The minimum Gasteiger partial charge on any atom is -0.375 e. The van der Waals surface area contributed by atoms with Gasteiger partial charge in [0.1, 0.15) is 6.54 Å². The predicted octanol–water partition coefficient (Wildman–Crippen LogP) is 0.751. The highest BCUT2D eigenvalue weighted by Gasteiger charge is 2.24. The Balaban J connectivity index is 1.82. The number of amides is 1. The van der Waals surface area contributed by atoms with E-state index in [0.29, 0.717) is 25.5 Å². The van der Waals surface area contributed by atoms with E-state index in [2.05, 4.69) is 5.16 Å². The van der Waals surface area contributed by atoms with Gasteiger partial charge in [-0.1, -0.05) is 35.5 Å². The average molecular weight is 303 g/mol. The maximum Gasteiger partial charge on any atom is 0.442 e. The van der Waals surface area contributed by atoms with Crippen LogP contribution >= 0.6 is 0 Å². The summed E-state index contributed by atoms with van der Waals surface area (Å²) in [6.45, 7) is 3.40. The molecule has 0 spiro atoms. The summed E-state index contributed by atoms with van der Waals surface area (Å²) in [6.07, 6.45) is 0.00508. The topological polar surface area (TPSA) is 77.6 Å². The van der Waals surface area contributed by atoms with Crippen molar-refractivity contribution < 1.29 is 14.1 Å². The van der Waals surface area contributed by atoms with Crippen LogP contribution in [0.4, 0.5) is 0 Å². The van der Waals surface area contributed by atoms with E-state index in [-0.39, 0.29) is 18.6 Å². The van der Waals surface area contributed by atoms with Gasteiger partial charge in [0.05, 0.1) is 12.7 Å². The summed E-state index contributed by atoms with van der Waals surface area (Å²) < 4.78 is 11.4. The number of hydrogen-bond acceptors (Lipinski definition) is 5. The number of aromatic nitrogens is 2. The standard InChI is InChI=1S/C15H17N3O4/c1-11-9-17(7-8-21-11)13(19)10-18-14(16-22-15(18)20)12-5-3-2-4-6-12/h2-6,11H,7-10H2,1H3/t11-/m1/s1. The van der Waals surface area contributed by atoms with E-state index in [0.717, 1.165) is 5.56 Å². The molecule has 2 heterocycles. The van der Waals surface area contributed by atoms with Gasteiger partial charge in [0.25, 0.3) is 0 Å². The number of carbonyl (C=O) groups is 1. The second-order valence-corrected chi connectivity index (χ2v) is 5.25. The van der Waals surface area contributed by atoms with Gasteiger partial charge in [-0.3, -0.25) is 9.32 Å². The van der Waals surface area contributed by atoms with Gasteiger partial charge in [0.2, 0.25) is 5.91 Å². The molecule has 1 aromatic heterocycles. The fraction of sp³-hybridized carbons (Fsp3) is 0.400. The van der Waals surface area contributed by atoms with Crippen LogP contribution in [-0.4, -0.2) is 46.3 Å². The molecular weight excluding hydrogens is 286 g/mol. The summed E-state index contributed by atoms with van der Waals surface area (Å²) >= 11 is 0. The zero-order chi connectivity index (χ0) is 15.5. The second-order valence-electron chi connectivity index (χ2n) is 5.25. The van der Waals surface area contributed by atoms with Crippen molar-refractivity contribution in [2.75, 3.05) is 19.7 Å². The van der Waals surface area contributed by atoms with Crippen LogP contribution in [0.3, 0.4) is 0 Å². The van der Waals surface area contributed by atoms with Crippen molar-refractivity contribution in [2.24, 2.45) is 0 Å². The van der Waals surface area contributed by atoms with Crippen molar-refractivity contribution in [3.05, 3.63) is 40.9 Å². The molecule has 2 aromatic rings. The lowest BCUT2D eigenvalue weighted by molar-refractivity contribution is -0.138. The smallest absolute Gasteiger partial charge is 0.375 e. The van der Waals surface area contributed by atoms with Crippen LogP contribution in [0.15, 0.2) is 39.6 Å². The molecule has 0 N–H and O–H groups in total. The van der Waals surface area contributed by atoms with E-state index in [1.807, 2.05) is 37.3 Å². The van der Waals surface area contributed by atoms with Crippen molar-refractivity contribution >= 4 is 5.91 Å². The van der Waals surface area contributed by atoms with Crippen molar-refractivity contribution in [3.8, 4) is 11.4 Å². The number of ether oxygens (including phenoxy) is 1. The van der Waals surface area contributed by atoms with E-state index in [1.165, 1.54) is 4.57 Å². The summed E-state index contributed by atoms with van der Waals surface area (Å²) in [5, 5.41) is 3.78. The van der Waals surface area contributed by atoms with Crippen molar-refractivity contribution in [2.45, 2.75) is 19.6 Å². The number of hydrogen-bond donors (Lipinski definition) is 0. The van der Waals surface area contributed by atoms with Gasteiger partial charge in [-0.15, -0.1) is 0 Å². The highest BCUT2D eigenvalue weighted by atomic mass is 16.5. The third-order valence-corrected chi connectivity index (χ3v) is 3.61. The lowest BCUT2D eigenvalue weighted by atomic mass is 10.2. The van der Waals surface area contributed by atoms with E-state index in [9.17, 15) is 9.59 Å². The summed E-state index contributed by atoms with van der Waals surface area (Å²) in [6, 6.07) is 9.17.